The monoisotopic (exact) mass is 307 g/mol. The molecular formula is C10H11BrClNO3. The second-order valence-corrected chi connectivity index (χ2v) is 4.96. The molecule has 1 aromatic rings. The fourth-order valence-corrected chi connectivity index (χ4v) is 1.98. The molecule has 16 heavy (non-hydrogen) atoms. The summed E-state index contributed by atoms with van der Waals surface area (Å²) in [6.07, 6.45) is 0. The molecule has 0 heterocycles. The predicted molar refractivity (Wildman–Crippen MR) is 66.1 cm³/mol. The van der Waals surface area contributed by atoms with E-state index in [1.807, 2.05) is 13.8 Å². The van der Waals surface area contributed by atoms with Crippen LogP contribution in [0.5, 0.6) is 5.75 Å². The van der Waals surface area contributed by atoms with Crippen molar-refractivity contribution in [2.75, 3.05) is 6.61 Å². The molecule has 0 unspecified atom stereocenters. The largest absolute Gasteiger partial charge is 0.491 e. The van der Waals surface area contributed by atoms with E-state index in [4.69, 9.17) is 16.3 Å². The highest BCUT2D eigenvalue weighted by molar-refractivity contribution is 9.10. The van der Waals surface area contributed by atoms with Crippen LogP contribution in [0.25, 0.3) is 0 Å². The minimum Gasteiger partial charge on any atom is -0.491 e. The third kappa shape index (κ3) is 3.35. The highest BCUT2D eigenvalue weighted by Gasteiger charge is 2.15. The summed E-state index contributed by atoms with van der Waals surface area (Å²) in [5.41, 5.74) is -0.0613. The summed E-state index contributed by atoms with van der Waals surface area (Å²) in [6, 6.07) is 2.66. The molecule has 0 bridgehead atoms. The van der Waals surface area contributed by atoms with Gasteiger partial charge < -0.3 is 4.74 Å². The van der Waals surface area contributed by atoms with Gasteiger partial charge in [-0.15, -0.1) is 0 Å². The lowest BCUT2D eigenvalue weighted by Crippen LogP contribution is -2.05. The molecule has 4 nitrogen and oxygen atoms in total. The molecule has 0 aliphatic heterocycles. The number of non-ortho nitro benzene ring substituents is 1. The molecule has 0 saturated carbocycles. The maximum absolute atomic E-state index is 10.6. The summed E-state index contributed by atoms with van der Waals surface area (Å²) >= 11 is 9.11. The molecule has 0 fully saturated rings. The zero-order valence-electron chi connectivity index (χ0n) is 8.87. The average molecular weight is 309 g/mol. The molecule has 0 aliphatic rings. The van der Waals surface area contributed by atoms with Crippen molar-refractivity contribution in [2.45, 2.75) is 13.8 Å². The summed E-state index contributed by atoms with van der Waals surface area (Å²) in [5, 5.41) is 10.8. The zero-order valence-corrected chi connectivity index (χ0v) is 11.2. The van der Waals surface area contributed by atoms with Crippen molar-refractivity contribution >= 4 is 33.2 Å². The number of halogens is 2. The van der Waals surface area contributed by atoms with E-state index in [1.165, 1.54) is 12.1 Å². The van der Waals surface area contributed by atoms with Crippen molar-refractivity contribution in [3.63, 3.8) is 0 Å². The Hall–Kier alpha value is -0.810. The number of benzene rings is 1. The Balaban J connectivity index is 2.98. The molecule has 1 aromatic carbocycles. The Morgan fingerprint density at radius 1 is 1.56 bits per heavy atom. The van der Waals surface area contributed by atoms with Crippen LogP contribution in [0.1, 0.15) is 13.8 Å². The van der Waals surface area contributed by atoms with Gasteiger partial charge in [0, 0.05) is 12.1 Å². The molecule has 0 N–H and O–H groups in total. The fourth-order valence-electron chi connectivity index (χ4n) is 1.04. The number of nitrogens with zero attached hydrogens (tertiary/aromatic N) is 1. The third-order valence-electron chi connectivity index (χ3n) is 1.75. The molecule has 0 aromatic heterocycles. The quantitative estimate of drug-likeness (QED) is 0.623. The topological polar surface area (TPSA) is 52.4 Å². The fraction of sp³-hybridized carbons (Fsp3) is 0.400. The van der Waals surface area contributed by atoms with E-state index in [0.717, 1.165) is 0 Å². The molecule has 0 spiro atoms. The van der Waals surface area contributed by atoms with Crippen LogP contribution in [-0.4, -0.2) is 11.5 Å². The zero-order chi connectivity index (χ0) is 12.3. The molecule has 0 saturated heterocycles. The van der Waals surface area contributed by atoms with E-state index in [9.17, 15) is 10.1 Å². The number of rotatable bonds is 4. The number of nitro groups is 1. The molecule has 6 heteroatoms. The lowest BCUT2D eigenvalue weighted by Gasteiger charge is -2.11. The van der Waals surface area contributed by atoms with E-state index in [0.29, 0.717) is 22.7 Å². The first-order valence-corrected chi connectivity index (χ1v) is 5.85. The Kier molecular flexibility index (Phi) is 4.56. The number of nitro benzene ring substituents is 1. The second-order valence-electron chi connectivity index (χ2n) is 3.70. The van der Waals surface area contributed by atoms with Crippen LogP contribution in [0, 0.1) is 16.0 Å². The van der Waals surface area contributed by atoms with Gasteiger partial charge in [-0.05, 0) is 21.8 Å². The number of ether oxygens (including phenoxy) is 1. The van der Waals surface area contributed by atoms with Gasteiger partial charge in [-0.2, -0.15) is 0 Å². The van der Waals surface area contributed by atoms with Crippen molar-refractivity contribution in [2.24, 2.45) is 5.92 Å². The van der Waals surface area contributed by atoms with Gasteiger partial charge in [0.05, 0.1) is 21.0 Å². The van der Waals surface area contributed by atoms with Gasteiger partial charge in [-0.3, -0.25) is 10.1 Å². The van der Waals surface area contributed by atoms with Crippen molar-refractivity contribution in [1.29, 1.82) is 0 Å². The van der Waals surface area contributed by atoms with E-state index < -0.39 is 4.92 Å². The first-order chi connectivity index (χ1) is 7.41. The maximum Gasteiger partial charge on any atom is 0.272 e. The Labute approximate surface area is 107 Å². The minimum atomic E-state index is -0.497. The van der Waals surface area contributed by atoms with E-state index in [2.05, 4.69) is 15.9 Å². The number of hydrogen-bond acceptors (Lipinski definition) is 3. The molecule has 88 valence electrons. The van der Waals surface area contributed by atoms with Gasteiger partial charge in [0.15, 0.2) is 5.75 Å². The summed E-state index contributed by atoms with van der Waals surface area (Å²) in [7, 11) is 0. The summed E-state index contributed by atoms with van der Waals surface area (Å²) in [4.78, 5) is 10.1. The Bertz CT molecular complexity index is 386. The van der Waals surface area contributed by atoms with Crippen molar-refractivity contribution in [3.05, 3.63) is 31.7 Å². The third-order valence-corrected chi connectivity index (χ3v) is 2.62. The van der Waals surface area contributed by atoms with Gasteiger partial charge in [-0.1, -0.05) is 25.4 Å². The highest BCUT2D eigenvalue weighted by atomic mass is 79.9. The van der Waals surface area contributed by atoms with E-state index in [1.54, 1.807) is 0 Å². The summed E-state index contributed by atoms with van der Waals surface area (Å²) < 4.78 is 5.96. The lowest BCUT2D eigenvalue weighted by atomic mass is 10.2. The van der Waals surface area contributed by atoms with Gasteiger partial charge in [-0.25, -0.2) is 0 Å². The Morgan fingerprint density at radius 3 is 2.62 bits per heavy atom. The maximum atomic E-state index is 10.6. The molecule has 1 rings (SSSR count). The van der Waals surface area contributed by atoms with Crippen LogP contribution in [0.2, 0.25) is 5.02 Å². The van der Waals surface area contributed by atoms with Gasteiger partial charge >= 0.3 is 0 Å². The Morgan fingerprint density at radius 2 is 2.19 bits per heavy atom. The van der Waals surface area contributed by atoms with Crippen LogP contribution in [0.3, 0.4) is 0 Å². The van der Waals surface area contributed by atoms with Gasteiger partial charge in [0.25, 0.3) is 5.69 Å². The van der Waals surface area contributed by atoms with Crippen molar-refractivity contribution in [3.8, 4) is 5.75 Å². The van der Waals surface area contributed by atoms with Crippen molar-refractivity contribution in [1.82, 2.24) is 0 Å². The van der Waals surface area contributed by atoms with Gasteiger partial charge in [0.1, 0.15) is 0 Å². The first kappa shape index (κ1) is 13.3. The molecule has 0 radical (unpaired) electrons. The summed E-state index contributed by atoms with van der Waals surface area (Å²) in [5.74, 6) is 0.805. The second kappa shape index (κ2) is 5.50. The lowest BCUT2D eigenvalue weighted by molar-refractivity contribution is -0.384. The number of hydrogen-bond donors (Lipinski definition) is 0. The standard InChI is InChI=1S/C10H11BrClNO3/c1-6(2)5-16-10-8(11)3-7(13(14)15)4-9(10)12/h3-4,6H,5H2,1-2H3. The van der Waals surface area contributed by atoms with Crippen LogP contribution in [0.15, 0.2) is 16.6 Å². The molecule has 0 amide bonds. The summed E-state index contributed by atoms with van der Waals surface area (Å²) in [6.45, 7) is 4.52. The predicted octanol–water partition coefficient (Wildman–Crippen LogP) is 4.05. The molecule has 0 atom stereocenters. The van der Waals surface area contributed by atoms with E-state index >= 15 is 0 Å². The normalized spacial score (nSPS) is 10.6. The smallest absolute Gasteiger partial charge is 0.272 e. The molecule has 0 aliphatic carbocycles. The van der Waals surface area contributed by atoms with Crippen molar-refractivity contribution < 1.29 is 9.66 Å². The van der Waals surface area contributed by atoms with E-state index in [-0.39, 0.29) is 10.7 Å². The van der Waals surface area contributed by atoms with Crippen LogP contribution in [-0.2, 0) is 0 Å². The van der Waals surface area contributed by atoms with Crippen LogP contribution < -0.4 is 4.74 Å². The molecular weight excluding hydrogens is 297 g/mol. The average Bonchev–Trinajstić information content (AvgIpc) is 2.15. The van der Waals surface area contributed by atoms with Gasteiger partial charge in [0.2, 0.25) is 0 Å². The highest BCUT2D eigenvalue weighted by Crippen LogP contribution is 2.37. The minimum absolute atomic E-state index is 0.0613. The first-order valence-electron chi connectivity index (χ1n) is 4.68. The van der Waals surface area contributed by atoms with Crippen LogP contribution >= 0.6 is 27.5 Å². The SMILES string of the molecule is CC(C)COc1c(Cl)cc([N+](=O)[O-])cc1Br. The van der Waals surface area contributed by atoms with Crippen LogP contribution in [0.4, 0.5) is 5.69 Å².